The Balaban J connectivity index is 1.32. The highest BCUT2D eigenvalue weighted by atomic mass is 19.4. The predicted molar refractivity (Wildman–Crippen MR) is 115 cm³/mol. The molecule has 4 aromatic rings. The average molecular weight is 455 g/mol. The molecular formula is C21H16F3N7O2. The van der Waals surface area contributed by atoms with Gasteiger partial charge in [0.25, 0.3) is 0 Å². The third kappa shape index (κ3) is 6.19. The highest BCUT2D eigenvalue weighted by Gasteiger charge is 2.30. The molecule has 168 valence electrons. The van der Waals surface area contributed by atoms with Gasteiger partial charge in [0.15, 0.2) is 5.82 Å². The zero-order chi connectivity index (χ0) is 23.3. The number of anilines is 4. The average Bonchev–Trinajstić information content (AvgIpc) is 3.31. The Labute approximate surface area is 185 Å². The van der Waals surface area contributed by atoms with Crippen LogP contribution in [0.5, 0.6) is 5.75 Å². The summed E-state index contributed by atoms with van der Waals surface area (Å²) in [5.41, 5.74) is 1.54. The first-order valence-corrected chi connectivity index (χ1v) is 9.47. The minimum absolute atomic E-state index is 0.303. The third-order valence-corrected chi connectivity index (χ3v) is 4.15. The number of carbonyl (C=O) groups excluding carboxylic acids is 1. The number of aromatic nitrogens is 4. The van der Waals surface area contributed by atoms with Crippen LogP contribution in [0.3, 0.4) is 0 Å². The highest BCUT2D eigenvalue weighted by Crippen LogP contribution is 2.24. The number of carbonyl (C=O) groups is 1. The molecule has 0 atom stereocenters. The van der Waals surface area contributed by atoms with Gasteiger partial charge in [0.2, 0.25) is 0 Å². The van der Waals surface area contributed by atoms with Crippen LogP contribution in [0.4, 0.5) is 40.8 Å². The maximum absolute atomic E-state index is 12.2. The molecule has 2 amide bonds. The summed E-state index contributed by atoms with van der Waals surface area (Å²) in [5, 5.41) is 12.4. The third-order valence-electron chi connectivity index (χ3n) is 4.15. The Morgan fingerprint density at radius 1 is 0.909 bits per heavy atom. The van der Waals surface area contributed by atoms with E-state index in [1.165, 1.54) is 18.5 Å². The number of ether oxygens (including phenoxy) is 1. The van der Waals surface area contributed by atoms with E-state index < -0.39 is 12.4 Å². The number of hydrogen-bond acceptors (Lipinski definition) is 6. The van der Waals surface area contributed by atoms with Crippen LogP contribution in [0.15, 0.2) is 79.4 Å². The van der Waals surface area contributed by atoms with Gasteiger partial charge in [-0.25, -0.2) is 19.4 Å². The summed E-state index contributed by atoms with van der Waals surface area (Å²) in [4.78, 5) is 20.5. The van der Waals surface area contributed by atoms with Gasteiger partial charge in [0.05, 0.1) is 0 Å². The summed E-state index contributed by atoms with van der Waals surface area (Å²) in [6.45, 7) is 0. The van der Waals surface area contributed by atoms with Crippen molar-refractivity contribution >= 4 is 28.9 Å². The van der Waals surface area contributed by atoms with Crippen molar-refractivity contribution in [2.45, 2.75) is 6.36 Å². The molecule has 3 N–H and O–H groups in total. The van der Waals surface area contributed by atoms with Gasteiger partial charge in [-0.2, -0.15) is 5.10 Å². The lowest BCUT2D eigenvalue weighted by molar-refractivity contribution is -0.274. The summed E-state index contributed by atoms with van der Waals surface area (Å²) in [5.74, 6) is 0.786. The van der Waals surface area contributed by atoms with Crippen LogP contribution in [0, 0.1) is 0 Å². The fraction of sp³-hybridized carbons (Fsp3) is 0.0476. The smallest absolute Gasteiger partial charge is 0.406 e. The lowest BCUT2D eigenvalue weighted by Gasteiger charge is -2.11. The van der Waals surface area contributed by atoms with Gasteiger partial charge in [-0.3, -0.25) is 0 Å². The zero-order valence-corrected chi connectivity index (χ0v) is 16.7. The lowest BCUT2D eigenvalue weighted by Crippen LogP contribution is -2.19. The fourth-order valence-electron chi connectivity index (χ4n) is 2.76. The van der Waals surface area contributed by atoms with Gasteiger partial charge in [0.1, 0.15) is 17.9 Å². The van der Waals surface area contributed by atoms with Crippen LogP contribution in [0.1, 0.15) is 0 Å². The number of halogens is 3. The second kappa shape index (κ2) is 9.26. The summed E-state index contributed by atoms with van der Waals surface area (Å²) < 4.78 is 42.0. The summed E-state index contributed by atoms with van der Waals surface area (Å²) in [6, 6.07) is 14.6. The Morgan fingerprint density at radius 3 is 2.15 bits per heavy atom. The van der Waals surface area contributed by atoms with Crippen LogP contribution >= 0.6 is 0 Å². The second-order valence-electron chi connectivity index (χ2n) is 6.57. The molecule has 9 nitrogen and oxygen atoms in total. The van der Waals surface area contributed by atoms with E-state index in [4.69, 9.17) is 0 Å². The lowest BCUT2D eigenvalue weighted by atomic mass is 10.2. The molecular weight excluding hydrogens is 439 g/mol. The van der Waals surface area contributed by atoms with E-state index in [0.29, 0.717) is 23.0 Å². The number of nitrogens with one attached hydrogen (secondary N) is 3. The van der Waals surface area contributed by atoms with E-state index in [-0.39, 0.29) is 5.75 Å². The van der Waals surface area contributed by atoms with E-state index in [2.05, 4.69) is 35.8 Å². The largest absolute Gasteiger partial charge is 0.573 e. The fourth-order valence-corrected chi connectivity index (χ4v) is 2.76. The maximum Gasteiger partial charge on any atom is 0.573 e. The van der Waals surface area contributed by atoms with Gasteiger partial charge in [-0.05, 0) is 54.6 Å². The second-order valence-corrected chi connectivity index (χ2v) is 6.57. The molecule has 0 spiro atoms. The van der Waals surface area contributed by atoms with Crippen molar-refractivity contribution < 1.29 is 22.7 Å². The number of hydrogen-bond donors (Lipinski definition) is 3. The minimum Gasteiger partial charge on any atom is -0.406 e. The van der Waals surface area contributed by atoms with Crippen molar-refractivity contribution in [3.8, 4) is 11.6 Å². The van der Waals surface area contributed by atoms with Crippen molar-refractivity contribution in [3.63, 3.8) is 0 Å². The topological polar surface area (TPSA) is 106 Å². The van der Waals surface area contributed by atoms with Crippen molar-refractivity contribution in [1.82, 2.24) is 19.7 Å². The maximum atomic E-state index is 12.2. The Morgan fingerprint density at radius 2 is 1.55 bits per heavy atom. The van der Waals surface area contributed by atoms with Gasteiger partial charge in [0, 0.05) is 35.5 Å². The molecule has 0 unspecified atom stereocenters. The van der Waals surface area contributed by atoms with Crippen molar-refractivity contribution in [3.05, 3.63) is 79.4 Å². The molecule has 33 heavy (non-hydrogen) atoms. The Kier molecular flexibility index (Phi) is 6.06. The van der Waals surface area contributed by atoms with E-state index in [1.54, 1.807) is 53.5 Å². The molecule has 0 saturated heterocycles. The summed E-state index contributed by atoms with van der Waals surface area (Å²) in [6.07, 6.45) is 0.0566. The number of benzene rings is 2. The highest BCUT2D eigenvalue weighted by molar-refractivity contribution is 5.99. The van der Waals surface area contributed by atoms with E-state index in [0.717, 1.165) is 17.8 Å². The summed E-state index contributed by atoms with van der Waals surface area (Å²) in [7, 11) is 0. The van der Waals surface area contributed by atoms with Crippen molar-refractivity contribution in [2.75, 3.05) is 16.0 Å². The SMILES string of the molecule is O=C(Nc1ccc(Nc2cc(-n3cccn3)ncn2)cc1)Nc1ccc(OC(F)(F)F)cc1. The molecule has 4 rings (SSSR count). The number of nitrogens with zero attached hydrogens (tertiary/aromatic N) is 4. The molecule has 0 aliphatic carbocycles. The Bertz CT molecular complexity index is 1210. The van der Waals surface area contributed by atoms with Crippen LogP contribution in [-0.4, -0.2) is 32.1 Å². The molecule has 0 aliphatic heterocycles. The van der Waals surface area contributed by atoms with Gasteiger partial charge in [-0.1, -0.05) is 0 Å². The standard InChI is InChI=1S/C21H16F3N7O2/c22-21(23,24)33-17-8-6-16(7-9-17)30-20(32)29-15-4-2-14(3-5-15)28-18-12-19(26-13-25-18)31-11-1-10-27-31/h1-13H,(H,25,26,28)(H2,29,30,32). The normalized spacial score (nSPS) is 11.0. The Hall–Kier alpha value is -4.61. The van der Waals surface area contributed by atoms with E-state index in [9.17, 15) is 18.0 Å². The van der Waals surface area contributed by atoms with Gasteiger partial charge < -0.3 is 20.7 Å². The number of urea groups is 1. The molecule has 0 fully saturated rings. The quantitative estimate of drug-likeness (QED) is 0.380. The first-order valence-electron chi connectivity index (χ1n) is 9.47. The van der Waals surface area contributed by atoms with Crippen molar-refractivity contribution in [2.24, 2.45) is 0 Å². The minimum atomic E-state index is -4.77. The molecule has 0 aliphatic rings. The van der Waals surface area contributed by atoms with E-state index >= 15 is 0 Å². The van der Waals surface area contributed by atoms with E-state index in [1.807, 2.05) is 0 Å². The molecule has 0 radical (unpaired) electrons. The first kappa shape index (κ1) is 21.6. The molecule has 2 aromatic carbocycles. The van der Waals surface area contributed by atoms with Crippen molar-refractivity contribution in [1.29, 1.82) is 0 Å². The van der Waals surface area contributed by atoms with Crippen LogP contribution < -0.4 is 20.7 Å². The monoisotopic (exact) mass is 455 g/mol. The predicted octanol–water partition coefficient (Wildman–Crippen LogP) is 4.95. The van der Waals surface area contributed by atoms with Gasteiger partial charge in [-0.15, -0.1) is 13.2 Å². The molecule has 0 saturated carbocycles. The molecule has 0 bridgehead atoms. The first-order chi connectivity index (χ1) is 15.8. The van der Waals surface area contributed by atoms with Crippen LogP contribution in [0.25, 0.3) is 5.82 Å². The zero-order valence-electron chi connectivity index (χ0n) is 16.7. The number of amides is 2. The summed E-state index contributed by atoms with van der Waals surface area (Å²) >= 11 is 0. The molecule has 2 aromatic heterocycles. The molecule has 2 heterocycles. The number of alkyl halides is 3. The number of rotatable bonds is 6. The molecule has 12 heteroatoms. The van der Waals surface area contributed by atoms with Crippen LogP contribution in [-0.2, 0) is 0 Å². The van der Waals surface area contributed by atoms with Gasteiger partial charge >= 0.3 is 12.4 Å². The van der Waals surface area contributed by atoms with Crippen LogP contribution in [0.2, 0.25) is 0 Å².